The first-order valence-electron chi connectivity index (χ1n) is 6.69. The number of carbonyl (C=O) groups excluding carboxylic acids is 1. The minimum Gasteiger partial charge on any atom is -0.294 e. The van der Waals surface area contributed by atoms with Crippen LogP contribution in [0.3, 0.4) is 0 Å². The van der Waals surface area contributed by atoms with E-state index in [9.17, 15) is 4.79 Å². The number of rotatable bonds is 0. The molecule has 2 aliphatic rings. The summed E-state index contributed by atoms with van der Waals surface area (Å²) in [7, 11) is 0. The van der Waals surface area contributed by atoms with Crippen LogP contribution in [0.1, 0.15) is 30.0 Å². The lowest BCUT2D eigenvalue weighted by molar-refractivity contribution is -0.113. The van der Waals surface area contributed by atoms with Crippen LogP contribution < -0.4 is 10.4 Å². The van der Waals surface area contributed by atoms with Crippen LogP contribution in [0.4, 0.5) is 0 Å². The van der Waals surface area contributed by atoms with E-state index in [0.717, 1.165) is 17.6 Å². The zero-order valence-electron chi connectivity index (χ0n) is 10.9. The highest BCUT2D eigenvalue weighted by Crippen LogP contribution is 2.27. The van der Waals surface area contributed by atoms with E-state index in [2.05, 4.69) is 43.3 Å². The molecule has 19 heavy (non-hydrogen) atoms. The summed E-state index contributed by atoms with van der Waals surface area (Å²) < 4.78 is 0. The van der Waals surface area contributed by atoms with Crippen molar-refractivity contribution in [1.29, 1.82) is 0 Å². The van der Waals surface area contributed by atoms with Crippen molar-refractivity contribution in [3.05, 3.63) is 69.6 Å². The number of ketones is 1. The van der Waals surface area contributed by atoms with E-state index in [4.69, 9.17) is 0 Å². The van der Waals surface area contributed by atoms with Gasteiger partial charge in [-0.2, -0.15) is 0 Å². The van der Waals surface area contributed by atoms with Gasteiger partial charge in [0.1, 0.15) is 0 Å². The molecule has 0 aromatic heterocycles. The Morgan fingerprint density at radius 2 is 1.68 bits per heavy atom. The third-order valence-corrected chi connectivity index (χ3v) is 4.23. The van der Waals surface area contributed by atoms with E-state index in [0.29, 0.717) is 6.42 Å². The summed E-state index contributed by atoms with van der Waals surface area (Å²) in [6.07, 6.45) is 1.49. The third-order valence-electron chi connectivity index (χ3n) is 4.23. The molecule has 0 N–H and O–H groups in total. The van der Waals surface area contributed by atoms with Gasteiger partial charge in [-0.15, -0.1) is 0 Å². The Labute approximate surface area is 111 Å². The van der Waals surface area contributed by atoms with E-state index in [1.165, 1.54) is 27.1 Å². The Hall–Kier alpha value is -2.15. The fourth-order valence-electron chi connectivity index (χ4n) is 3.37. The second-order valence-corrected chi connectivity index (χ2v) is 5.43. The zero-order valence-corrected chi connectivity index (χ0v) is 10.9. The summed E-state index contributed by atoms with van der Waals surface area (Å²) >= 11 is 0. The largest absolute Gasteiger partial charge is 0.294 e. The number of fused-ring (bicyclic) bond motifs is 2. The number of benzene rings is 2. The van der Waals surface area contributed by atoms with Crippen LogP contribution in [-0.2, 0) is 11.2 Å². The fraction of sp³-hybridized carbons (Fsp3) is 0.167. The molecule has 92 valence electrons. The molecule has 2 aromatic carbocycles. The van der Waals surface area contributed by atoms with Gasteiger partial charge in [0.2, 0.25) is 0 Å². The number of hydrogen-bond acceptors (Lipinski definition) is 1. The molecule has 0 radical (unpaired) electrons. The average molecular weight is 246 g/mol. The first kappa shape index (κ1) is 10.7. The maximum absolute atomic E-state index is 12.5. The Kier molecular flexibility index (Phi) is 2.08. The Morgan fingerprint density at radius 3 is 2.58 bits per heavy atom. The van der Waals surface area contributed by atoms with Gasteiger partial charge in [0, 0.05) is 12.0 Å². The summed E-state index contributed by atoms with van der Waals surface area (Å²) in [5.74, 6) is 0.268. The van der Waals surface area contributed by atoms with E-state index < -0.39 is 0 Å². The Morgan fingerprint density at radius 1 is 0.895 bits per heavy atom. The predicted molar refractivity (Wildman–Crippen MR) is 76.2 cm³/mol. The van der Waals surface area contributed by atoms with Crippen molar-refractivity contribution in [2.24, 2.45) is 0 Å². The highest BCUT2D eigenvalue weighted by molar-refractivity contribution is 6.24. The van der Waals surface area contributed by atoms with Crippen LogP contribution in [0.2, 0.25) is 0 Å². The quantitative estimate of drug-likeness (QED) is 0.694. The van der Waals surface area contributed by atoms with Gasteiger partial charge < -0.3 is 0 Å². The van der Waals surface area contributed by atoms with Gasteiger partial charge in [-0.1, -0.05) is 48.0 Å². The standard InChI is InChI=1S/C18H14O/c1-11-9-16(19)18-15-7-3-2-5-12(15)10-13-6-4-8-14(11)17(13)18/h2-8H,9-10H2,1H3. The van der Waals surface area contributed by atoms with Crippen molar-refractivity contribution in [3.63, 3.8) is 0 Å². The highest BCUT2D eigenvalue weighted by atomic mass is 16.1. The lowest BCUT2D eigenvalue weighted by Crippen LogP contribution is -2.40. The van der Waals surface area contributed by atoms with E-state index in [1.54, 1.807) is 0 Å². The van der Waals surface area contributed by atoms with Crippen molar-refractivity contribution in [2.75, 3.05) is 0 Å². The van der Waals surface area contributed by atoms with Crippen LogP contribution in [0.5, 0.6) is 0 Å². The summed E-state index contributed by atoms with van der Waals surface area (Å²) in [6.45, 7) is 2.07. The predicted octanol–water partition coefficient (Wildman–Crippen LogP) is 1.93. The number of hydrogen-bond donors (Lipinski definition) is 0. The first-order valence-corrected chi connectivity index (χ1v) is 6.69. The van der Waals surface area contributed by atoms with E-state index in [-0.39, 0.29) is 5.78 Å². The minimum atomic E-state index is 0.268. The second kappa shape index (κ2) is 3.67. The SMILES string of the molecule is CC1=c2cccc3c2=C(C(=O)C1)c1ccccc1C3. The maximum atomic E-state index is 12.5. The summed E-state index contributed by atoms with van der Waals surface area (Å²) in [6, 6.07) is 14.7. The van der Waals surface area contributed by atoms with Crippen molar-refractivity contribution in [1.82, 2.24) is 0 Å². The van der Waals surface area contributed by atoms with Crippen LogP contribution in [0.25, 0.3) is 11.1 Å². The summed E-state index contributed by atoms with van der Waals surface area (Å²) in [5, 5.41) is 2.46. The molecule has 0 unspecified atom stereocenters. The second-order valence-electron chi connectivity index (χ2n) is 5.43. The molecule has 0 amide bonds. The highest BCUT2D eigenvalue weighted by Gasteiger charge is 2.25. The van der Waals surface area contributed by atoms with Gasteiger partial charge in [-0.25, -0.2) is 0 Å². The molecule has 4 rings (SSSR count). The molecule has 0 fully saturated rings. The summed E-state index contributed by atoms with van der Waals surface area (Å²) in [4.78, 5) is 12.5. The fourth-order valence-corrected chi connectivity index (χ4v) is 3.37. The molecule has 2 aliphatic carbocycles. The lowest BCUT2D eigenvalue weighted by atomic mass is 9.80. The number of Topliss-reactive ketones (excluding diaryl/α,β-unsaturated/α-hetero) is 1. The Balaban J connectivity index is 2.28. The first-order chi connectivity index (χ1) is 9.25. The lowest BCUT2D eigenvalue weighted by Gasteiger charge is -2.23. The van der Waals surface area contributed by atoms with Gasteiger partial charge >= 0.3 is 0 Å². The summed E-state index contributed by atoms with van der Waals surface area (Å²) in [5.41, 5.74) is 5.84. The third kappa shape index (κ3) is 1.39. The maximum Gasteiger partial charge on any atom is 0.168 e. The number of carbonyl (C=O) groups is 1. The average Bonchev–Trinajstić information content (AvgIpc) is 2.42. The molecule has 0 saturated heterocycles. The molecule has 1 heteroatoms. The monoisotopic (exact) mass is 246 g/mol. The van der Waals surface area contributed by atoms with E-state index >= 15 is 0 Å². The smallest absolute Gasteiger partial charge is 0.168 e. The Bertz CT molecular complexity index is 840. The molecule has 0 saturated carbocycles. The molecule has 0 aliphatic heterocycles. The van der Waals surface area contributed by atoms with Crippen LogP contribution in [-0.4, -0.2) is 5.78 Å². The molecule has 0 atom stereocenters. The molecule has 0 bridgehead atoms. The van der Waals surface area contributed by atoms with Crippen LogP contribution in [0, 0.1) is 0 Å². The van der Waals surface area contributed by atoms with Crippen molar-refractivity contribution in [2.45, 2.75) is 19.8 Å². The van der Waals surface area contributed by atoms with Gasteiger partial charge in [-0.3, -0.25) is 4.79 Å². The molecule has 0 spiro atoms. The topological polar surface area (TPSA) is 17.1 Å². The molecular weight excluding hydrogens is 232 g/mol. The molecular formula is C18H14O. The van der Waals surface area contributed by atoms with Gasteiger partial charge in [-0.05, 0) is 40.5 Å². The van der Waals surface area contributed by atoms with Gasteiger partial charge in [0.05, 0.1) is 0 Å². The van der Waals surface area contributed by atoms with Crippen molar-refractivity contribution < 1.29 is 4.79 Å². The van der Waals surface area contributed by atoms with Crippen LogP contribution in [0.15, 0.2) is 42.5 Å². The van der Waals surface area contributed by atoms with Crippen LogP contribution >= 0.6 is 0 Å². The normalized spacial score (nSPS) is 16.2. The minimum absolute atomic E-state index is 0.268. The van der Waals surface area contributed by atoms with Crippen molar-refractivity contribution >= 4 is 16.9 Å². The van der Waals surface area contributed by atoms with Crippen molar-refractivity contribution in [3.8, 4) is 0 Å². The zero-order chi connectivity index (χ0) is 13.0. The van der Waals surface area contributed by atoms with Gasteiger partial charge in [0.25, 0.3) is 0 Å². The molecule has 1 nitrogen and oxygen atoms in total. The van der Waals surface area contributed by atoms with Gasteiger partial charge in [0.15, 0.2) is 5.78 Å². The molecule has 2 aromatic rings. The van der Waals surface area contributed by atoms with E-state index in [1.807, 2.05) is 6.07 Å². The molecule has 0 heterocycles.